The molecule has 8 nitrogen and oxygen atoms in total. The van der Waals surface area contributed by atoms with Crippen LogP contribution in [0, 0.1) is 0 Å². The zero-order valence-corrected chi connectivity index (χ0v) is 18.4. The molecule has 1 N–H and O–H groups in total. The summed E-state index contributed by atoms with van der Waals surface area (Å²) in [6, 6.07) is 9.82. The summed E-state index contributed by atoms with van der Waals surface area (Å²) in [6.07, 6.45) is 0.648. The summed E-state index contributed by atoms with van der Waals surface area (Å²) < 4.78 is 43.4. The highest BCUT2D eigenvalue weighted by Gasteiger charge is 2.23. The lowest BCUT2D eigenvalue weighted by Crippen LogP contribution is -2.30. The van der Waals surface area contributed by atoms with Gasteiger partial charge in [0.1, 0.15) is 22.0 Å². The van der Waals surface area contributed by atoms with Gasteiger partial charge < -0.3 is 13.9 Å². The van der Waals surface area contributed by atoms with Crippen LogP contribution >= 0.6 is 0 Å². The molecular weight excluding hydrogens is 422 g/mol. The SMILES string of the molecule is CCc1cc(=O)oc2cc(OC(=O)c3ccc(OC)c(S(=O)(=O)NC(C)C)c3)ccc12. The zero-order chi connectivity index (χ0) is 22.8. The van der Waals surface area contributed by atoms with Crippen molar-refractivity contribution >= 4 is 27.0 Å². The Morgan fingerprint density at radius 2 is 1.87 bits per heavy atom. The Morgan fingerprint density at radius 1 is 1.13 bits per heavy atom. The van der Waals surface area contributed by atoms with Crippen LogP contribution in [0.25, 0.3) is 11.0 Å². The van der Waals surface area contributed by atoms with Gasteiger partial charge in [0.05, 0.1) is 12.7 Å². The predicted octanol–water partition coefficient (Wildman–Crippen LogP) is 3.27. The Kier molecular flexibility index (Phi) is 6.47. The van der Waals surface area contributed by atoms with Crippen LogP contribution in [-0.4, -0.2) is 27.5 Å². The normalized spacial score (nSPS) is 11.6. The molecular formula is C22H23NO7S. The largest absolute Gasteiger partial charge is 0.495 e. The summed E-state index contributed by atoms with van der Waals surface area (Å²) in [4.78, 5) is 24.2. The first-order chi connectivity index (χ1) is 14.6. The van der Waals surface area contributed by atoms with Crippen molar-refractivity contribution < 1.29 is 27.1 Å². The molecule has 31 heavy (non-hydrogen) atoms. The average Bonchev–Trinajstić information content (AvgIpc) is 2.71. The molecule has 0 atom stereocenters. The summed E-state index contributed by atoms with van der Waals surface area (Å²) in [5.74, 6) is -0.504. The van der Waals surface area contributed by atoms with Crippen LogP contribution in [0.5, 0.6) is 11.5 Å². The van der Waals surface area contributed by atoms with E-state index in [1.165, 1.54) is 37.4 Å². The minimum Gasteiger partial charge on any atom is -0.495 e. The van der Waals surface area contributed by atoms with E-state index >= 15 is 0 Å². The van der Waals surface area contributed by atoms with E-state index in [1.807, 2.05) is 6.92 Å². The van der Waals surface area contributed by atoms with E-state index in [0.717, 1.165) is 10.9 Å². The molecule has 0 fully saturated rings. The molecule has 0 bridgehead atoms. The second-order valence-corrected chi connectivity index (χ2v) is 8.82. The Labute approximate surface area is 179 Å². The molecule has 0 aliphatic carbocycles. The number of fused-ring (bicyclic) bond motifs is 1. The Bertz CT molecular complexity index is 1290. The third kappa shape index (κ3) is 4.95. The lowest BCUT2D eigenvalue weighted by atomic mass is 10.1. The van der Waals surface area contributed by atoms with Crippen LogP contribution < -0.4 is 19.8 Å². The van der Waals surface area contributed by atoms with Gasteiger partial charge in [-0.15, -0.1) is 0 Å². The highest BCUT2D eigenvalue weighted by Crippen LogP contribution is 2.27. The predicted molar refractivity (Wildman–Crippen MR) is 115 cm³/mol. The fourth-order valence-corrected chi connectivity index (χ4v) is 4.57. The van der Waals surface area contributed by atoms with E-state index < -0.39 is 21.6 Å². The van der Waals surface area contributed by atoms with Crippen LogP contribution in [0.15, 0.2) is 56.6 Å². The molecule has 9 heteroatoms. The van der Waals surface area contributed by atoms with Crippen molar-refractivity contribution in [2.45, 2.75) is 38.1 Å². The van der Waals surface area contributed by atoms with Crippen molar-refractivity contribution in [1.29, 1.82) is 0 Å². The van der Waals surface area contributed by atoms with Gasteiger partial charge in [0.2, 0.25) is 10.0 Å². The third-order valence-electron chi connectivity index (χ3n) is 4.47. The van der Waals surface area contributed by atoms with Crippen LogP contribution in [0.1, 0.15) is 36.7 Å². The first kappa shape index (κ1) is 22.5. The van der Waals surface area contributed by atoms with Crippen molar-refractivity contribution in [2.24, 2.45) is 0 Å². The van der Waals surface area contributed by atoms with Gasteiger partial charge in [-0.05, 0) is 56.2 Å². The van der Waals surface area contributed by atoms with Crippen molar-refractivity contribution in [3.05, 3.63) is 64.0 Å². The van der Waals surface area contributed by atoms with Crippen LogP contribution in [0.4, 0.5) is 0 Å². The third-order valence-corrected chi connectivity index (χ3v) is 6.15. The number of benzene rings is 2. The molecule has 1 heterocycles. The van der Waals surface area contributed by atoms with Gasteiger partial charge in [0.25, 0.3) is 0 Å². The molecule has 2 aromatic carbocycles. The molecule has 3 rings (SSSR count). The first-order valence-corrected chi connectivity index (χ1v) is 11.1. The summed E-state index contributed by atoms with van der Waals surface area (Å²) in [5, 5.41) is 0.750. The summed E-state index contributed by atoms with van der Waals surface area (Å²) in [6.45, 7) is 5.29. The van der Waals surface area contributed by atoms with E-state index in [4.69, 9.17) is 13.9 Å². The van der Waals surface area contributed by atoms with Crippen LogP contribution in [0.3, 0.4) is 0 Å². The number of carbonyl (C=O) groups is 1. The molecule has 1 aromatic heterocycles. The van der Waals surface area contributed by atoms with Gasteiger partial charge in [-0.2, -0.15) is 0 Å². The number of carbonyl (C=O) groups excluding carboxylic acids is 1. The van der Waals surface area contributed by atoms with Crippen LogP contribution in [0.2, 0.25) is 0 Å². The van der Waals surface area contributed by atoms with Crippen molar-refractivity contribution in [3.8, 4) is 11.5 Å². The van der Waals surface area contributed by atoms with Gasteiger partial charge in [-0.3, -0.25) is 0 Å². The maximum atomic E-state index is 12.7. The number of methoxy groups -OCH3 is 1. The Balaban J connectivity index is 1.95. The molecule has 0 radical (unpaired) electrons. The number of aryl methyl sites for hydroxylation is 1. The van der Waals surface area contributed by atoms with Gasteiger partial charge in [0, 0.05) is 23.6 Å². The van der Waals surface area contributed by atoms with Crippen LogP contribution in [-0.2, 0) is 16.4 Å². The number of esters is 1. The molecule has 0 spiro atoms. The molecule has 0 saturated heterocycles. The minimum atomic E-state index is -3.90. The highest BCUT2D eigenvalue weighted by molar-refractivity contribution is 7.89. The standard InChI is InChI=1S/C22H23NO7S/c1-5-14-11-21(24)30-19-12-16(7-8-17(14)19)29-22(25)15-6-9-18(28-4)20(10-15)31(26,27)23-13(2)3/h6-13,23H,5H2,1-4H3. The molecule has 0 unspecified atom stereocenters. The number of ether oxygens (including phenoxy) is 2. The summed E-state index contributed by atoms with van der Waals surface area (Å²) in [5.41, 5.74) is 0.657. The first-order valence-electron chi connectivity index (χ1n) is 9.64. The van der Waals surface area contributed by atoms with E-state index in [9.17, 15) is 18.0 Å². The van der Waals surface area contributed by atoms with Crippen molar-refractivity contribution in [1.82, 2.24) is 4.72 Å². The maximum Gasteiger partial charge on any atom is 0.343 e. The number of hydrogen-bond donors (Lipinski definition) is 1. The average molecular weight is 445 g/mol. The molecule has 164 valence electrons. The second-order valence-electron chi connectivity index (χ2n) is 7.13. The molecule has 0 saturated carbocycles. The van der Waals surface area contributed by atoms with E-state index in [-0.39, 0.29) is 28.0 Å². The van der Waals surface area contributed by atoms with Crippen molar-refractivity contribution in [3.63, 3.8) is 0 Å². The lowest BCUT2D eigenvalue weighted by Gasteiger charge is -2.14. The highest BCUT2D eigenvalue weighted by atomic mass is 32.2. The van der Waals surface area contributed by atoms with E-state index in [1.54, 1.807) is 26.0 Å². The van der Waals surface area contributed by atoms with Gasteiger partial charge in [-0.25, -0.2) is 22.7 Å². The van der Waals surface area contributed by atoms with Gasteiger partial charge >= 0.3 is 11.6 Å². The lowest BCUT2D eigenvalue weighted by molar-refractivity contribution is 0.0734. The van der Waals surface area contributed by atoms with Gasteiger partial charge in [-0.1, -0.05) is 6.92 Å². The fraction of sp³-hybridized carbons (Fsp3) is 0.273. The second kappa shape index (κ2) is 8.91. The summed E-state index contributed by atoms with van der Waals surface area (Å²) >= 11 is 0. The Morgan fingerprint density at radius 3 is 2.52 bits per heavy atom. The fourth-order valence-electron chi connectivity index (χ4n) is 3.12. The molecule has 0 amide bonds. The maximum absolute atomic E-state index is 12.7. The van der Waals surface area contributed by atoms with E-state index in [0.29, 0.717) is 12.0 Å². The quantitative estimate of drug-likeness (QED) is 0.337. The van der Waals surface area contributed by atoms with Crippen molar-refractivity contribution in [2.75, 3.05) is 7.11 Å². The smallest absolute Gasteiger partial charge is 0.343 e. The number of rotatable bonds is 7. The molecule has 0 aliphatic heterocycles. The molecule has 3 aromatic rings. The van der Waals surface area contributed by atoms with E-state index in [2.05, 4.69) is 4.72 Å². The van der Waals surface area contributed by atoms with Gasteiger partial charge in [0.15, 0.2) is 0 Å². The number of sulfonamides is 1. The number of hydrogen-bond acceptors (Lipinski definition) is 7. The Hall–Kier alpha value is -3.17. The number of nitrogens with one attached hydrogen (secondary N) is 1. The molecule has 0 aliphatic rings. The monoisotopic (exact) mass is 445 g/mol. The minimum absolute atomic E-state index is 0.0220. The zero-order valence-electron chi connectivity index (χ0n) is 17.6. The summed E-state index contributed by atoms with van der Waals surface area (Å²) in [7, 11) is -2.56. The topological polar surface area (TPSA) is 112 Å².